The first kappa shape index (κ1) is 12.6. The third-order valence-corrected chi connectivity index (χ3v) is 4.52. The minimum atomic E-state index is -0.358. The van der Waals surface area contributed by atoms with E-state index in [-0.39, 0.29) is 10.2 Å². The Morgan fingerprint density at radius 1 is 1.29 bits per heavy atom. The lowest BCUT2D eigenvalue weighted by molar-refractivity contribution is -0.121. The average Bonchev–Trinajstić information content (AvgIpc) is 2.39. The monoisotopic (exact) mass is 296 g/mol. The molecule has 1 saturated carbocycles. The van der Waals surface area contributed by atoms with Gasteiger partial charge in [-0.15, -0.1) is 0 Å². The summed E-state index contributed by atoms with van der Waals surface area (Å²) >= 11 is 3.65. The first-order valence-corrected chi connectivity index (χ1v) is 6.80. The summed E-state index contributed by atoms with van der Waals surface area (Å²) in [5.41, 5.74) is 0.898. The molecule has 0 aliphatic heterocycles. The minimum absolute atomic E-state index is 0.156. The largest absolute Gasteiger partial charge is 0.314 e. The molecule has 0 radical (unpaired) electrons. The second-order valence-corrected chi connectivity index (χ2v) is 6.11. The minimum Gasteiger partial charge on any atom is -0.314 e. The fraction of sp³-hybridized carbons (Fsp3) is 0.538. The molecule has 17 heavy (non-hydrogen) atoms. The Morgan fingerprint density at radius 3 is 2.47 bits per heavy atom. The zero-order valence-electron chi connectivity index (χ0n) is 10.0. The predicted octanol–water partition coefficient (Wildman–Crippen LogP) is 3.14. The summed E-state index contributed by atoms with van der Waals surface area (Å²) in [6.07, 6.45) is 8.77. The molecule has 0 spiro atoms. The number of hydrogen-bond acceptors (Lipinski definition) is 2. The molecule has 1 aliphatic carbocycles. The molecule has 0 atom stereocenters. The van der Waals surface area contributed by atoms with E-state index in [2.05, 4.69) is 20.9 Å². The Kier molecular flexibility index (Phi) is 3.82. The van der Waals surface area contributed by atoms with Crippen molar-refractivity contribution in [3.63, 3.8) is 0 Å². The summed E-state index contributed by atoms with van der Waals surface area (Å²) < 4.78 is -0.358. The second kappa shape index (κ2) is 5.17. The van der Waals surface area contributed by atoms with Gasteiger partial charge in [0.2, 0.25) is 5.91 Å². The smallest absolute Gasteiger partial charge is 0.243 e. The van der Waals surface area contributed by atoms with E-state index in [1.165, 1.54) is 6.42 Å². The van der Waals surface area contributed by atoms with Crippen molar-refractivity contribution in [3.05, 3.63) is 24.5 Å². The van der Waals surface area contributed by atoms with Gasteiger partial charge in [0, 0.05) is 25.1 Å². The summed E-state index contributed by atoms with van der Waals surface area (Å²) in [6, 6.07) is 3.72. The Morgan fingerprint density at radius 2 is 1.88 bits per heavy atom. The van der Waals surface area contributed by atoms with Gasteiger partial charge in [-0.2, -0.15) is 0 Å². The third kappa shape index (κ3) is 2.68. The Hall–Kier alpha value is -0.900. The summed E-state index contributed by atoms with van der Waals surface area (Å²) in [4.78, 5) is 18.2. The van der Waals surface area contributed by atoms with E-state index in [0.717, 1.165) is 31.4 Å². The van der Waals surface area contributed by atoms with Crippen LogP contribution in [0.3, 0.4) is 0 Å². The number of carbonyl (C=O) groups excluding carboxylic acids is 1. The van der Waals surface area contributed by atoms with Crippen LogP contribution in [0, 0.1) is 0 Å². The number of halogens is 1. The van der Waals surface area contributed by atoms with E-state index in [1.54, 1.807) is 17.3 Å². The van der Waals surface area contributed by atoms with Gasteiger partial charge in [-0.1, -0.05) is 35.2 Å². The van der Waals surface area contributed by atoms with Crippen LogP contribution in [0.5, 0.6) is 0 Å². The maximum Gasteiger partial charge on any atom is 0.243 e. The zero-order chi connectivity index (χ0) is 12.3. The molecule has 1 aromatic heterocycles. The number of aromatic nitrogens is 1. The van der Waals surface area contributed by atoms with Crippen LogP contribution in [0.25, 0.3) is 0 Å². The van der Waals surface area contributed by atoms with E-state index in [4.69, 9.17) is 0 Å². The molecule has 0 unspecified atom stereocenters. The van der Waals surface area contributed by atoms with Crippen LogP contribution in [0.15, 0.2) is 24.5 Å². The molecule has 3 nitrogen and oxygen atoms in total. The van der Waals surface area contributed by atoms with E-state index in [1.807, 2.05) is 19.2 Å². The van der Waals surface area contributed by atoms with Crippen molar-refractivity contribution in [3.8, 4) is 0 Å². The van der Waals surface area contributed by atoms with Crippen LogP contribution >= 0.6 is 15.9 Å². The number of alkyl halides is 1. The van der Waals surface area contributed by atoms with Gasteiger partial charge < -0.3 is 4.90 Å². The highest BCUT2D eigenvalue weighted by Gasteiger charge is 2.38. The number of nitrogens with zero attached hydrogens (tertiary/aromatic N) is 2. The van der Waals surface area contributed by atoms with Crippen LogP contribution in [0.4, 0.5) is 5.69 Å². The standard InChI is InChI=1S/C13H17BrN2O/c1-16(11-5-9-15-10-6-11)12(17)13(14)7-3-2-4-8-13/h5-6,9-10H,2-4,7-8H2,1H3. The molecule has 4 heteroatoms. The number of amides is 1. The van der Waals surface area contributed by atoms with E-state index >= 15 is 0 Å². The number of carbonyl (C=O) groups is 1. The molecular formula is C13H17BrN2O. The fourth-order valence-corrected chi connectivity index (χ4v) is 3.14. The van der Waals surface area contributed by atoms with E-state index in [0.29, 0.717) is 0 Å². The second-order valence-electron chi connectivity index (χ2n) is 4.60. The highest BCUT2D eigenvalue weighted by atomic mass is 79.9. The highest BCUT2D eigenvalue weighted by Crippen LogP contribution is 2.38. The van der Waals surface area contributed by atoms with Crippen LogP contribution in [0.2, 0.25) is 0 Å². The van der Waals surface area contributed by atoms with Gasteiger partial charge >= 0.3 is 0 Å². The maximum atomic E-state index is 12.5. The number of pyridine rings is 1. The van der Waals surface area contributed by atoms with Gasteiger partial charge in [0.15, 0.2) is 0 Å². The van der Waals surface area contributed by atoms with Gasteiger partial charge in [0.05, 0.1) is 0 Å². The third-order valence-electron chi connectivity index (χ3n) is 3.38. The molecule has 1 fully saturated rings. The average molecular weight is 297 g/mol. The lowest BCUT2D eigenvalue weighted by Gasteiger charge is -2.33. The van der Waals surface area contributed by atoms with E-state index in [9.17, 15) is 4.79 Å². The zero-order valence-corrected chi connectivity index (χ0v) is 11.6. The van der Waals surface area contributed by atoms with Crippen molar-refractivity contribution in [1.29, 1.82) is 0 Å². The summed E-state index contributed by atoms with van der Waals surface area (Å²) in [7, 11) is 1.83. The van der Waals surface area contributed by atoms with Crippen LogP contribution in [0.1, 0.15) is 32.1 Å². The van der Waals surface area contributed by atoms with Gasteiger partial charge in [0.1, 0.15) is 4.32 Å². The highest BCUT2D eigenvalue weighted by molar-refractivity contribution is 9.10. The molecule has 1 heterocycles. The molecular weight excluding hydrogens is 280 g/mol. The van der Waals surface area contributed by atoms with Crippen LogP contribution < -0.4 is 4.90 Å². The first-order chi connectivity index (χ1) is 8.13. The molecule has 1 aromatic rings. The van der Waals surface area contributed by atoms with Crippen molar-refractivity contribution in [2.75, 3.05) is 11.9 Å². The van der Waals surface area contributed by atoms with Crippen molar-refractivity contribution in [1.82, 2.24) is 4.98 Å². The number of hydrogen-bond donors (Lipinski definition) is 0. The normalized spacial score (nSPS) is 18.7. The first-order valence-electron chi connectivity index (χ1n) is 6.01. The topological polar surface area (TPSA) is 33.2 Å². The molecule has 2 rings (SSSR count). The lowest BCUT2D eigenvalue weighted by atomic mass is 9.88. The van der Waals surface area contributed by atoms with Gasteiger partial charge in [-0.3, -0.25) is 9.78 Å². The Labute approximate surface area is 110 Å². The molecule has 1 amide bonds. The van der Waals surface area contributed by atoms with Crippen molar-refractivity contribution in [2.24, 2.45) is 0 Å². The van der Waals surface area contributed by atoms with Crippen LogP contribution in [-0.4, -0.2) is 22.3 Å². The predicted molar refractivity (Wildman–Crippen MR) is 72.4 cm³/mol. The van der Waals surface area contributed by atoms with Crippen molar-refractivity contribution in [2.45, 2.75) is 36.4 Å². The van der Waals surface area contributed by atoms with Crippen molar-refractivity contribution >= 4 is 27.5 Å². The number of rotatable bonds is 2. The Balaban J connectivity index is 2.14. The maximum absolute atomic E-state index is 12.5. The molecule has 0 N–H and O–H groups in total. The van der Waals surface area contributed by atoms with Gasteiger partial charge in [-0.05, 0) is 25.0 Å². The molecule has 1 aliphatic rings. The lowest BCUT2D eigenvalue weighted by Crippen LogP contribution is -2.44. The quantitative estimate of drug-likeness (QED) is 0.786. The summed E-state index contributed by atoms with van der Waals surface area (Å²) in [6.45, 7) is 0. The number of anilines is 1. The SMILES string of the molecule is CN(C(=O)C1(Br)CCCCC1)c1ccncc1. The molecule has 0 bridgehead atoms. The Bertz CT molecular complexity index is 388. The van der Waals surface area contributed by atoms with Crippen LogP contribution in [-0.2, 0) is 4.79 Å². The molecule has 0 saturated heterocycles. The molecule has 92 valence electrons. The van der Waals surface area contributed by atoms with E-state index < -0.39 is 0 Å². The molecule has 0 aromatic carbocycles. The summed E-state index contributed by atoms with van der Waals surface area (Å²) in [5.74, 6) is 0.156. The van der Waals surface area contributed by atoms with Crippen molar-refractivity contribution < 1.29 is 4.79 Å². The summed E-state index contributed by atoms with van der Waals surface area (Å²) in [5, 5.41) is 0. The fourth-order valence-electron chi connectivity index (χ4n) is 2.31. The van der Waals surface area contributed by atoms with Gasteiger partial charge in [0.25, 0.3) is 0 Å². The van der Waals surface area contributed by atoms with Gasteiger partial charge in [-0.25, -0.2) is 0 Å².